The summed E-state index contributed by atoms with van der Waals surface area (Å²) in [5.74, 6) is -4.19. The molecule has 0 saturated carbocycles. The number of hydrogen-bond acceptors (Lipinski definition) is 2. The topological polar surface area (TPSA) is 55.1 Å². The molecule has 0 atom stereocenters. The molecule has 3 N–H and O–H groups in total. The van der Waals surface area contributed by atoms with E-state index < -0.39 is 29.0 Å². The van der Waals surface area contributed by atoms with E-state index in [1.807, 2.05) is 0 Å². The van der Waals surface area contributed by atoms with Crippen LogP contribution in [-0.2, 0) is 0 Å². The summed E-state index contributed by atoms with van der Waals surface area (Å²) in [7, 11) is 0. The van der Waals surface area contributed by atoms with Gasteiger partial charge in [0.25, 0.3) is 5.91 Å². The maximum absolute atomic E-state index is 14.5. The van der Waals surface area contributed by atoms with Gasteiger partial charge in [-0.1, -0.05) is 36.9 Å². The first-order valence-corrected chi connectivity index (χ1v) is 8.10. The first kappa shape index (κ1) is 20.0. The summed E-state index contributed by atoms with van der Waals surface area (Å²) in [5, 5.41) is 2.47. The van der Waals surface area contributed by atoms with E-state index >= 15 is 0 Å². The van der Waals surface area contributed by atoms with E-state index in [2.05, 4.69) is 11.9 Å². The van der Waals surface area contributed by atoms with Crippen molar-refractivity contribution in [3.05, 3.63) is 89.3 Å². The number of hydrogen-bond donors (Lipinski definition) is 2. The molecule has 0 bridgehead atoms. The summed E-state index contributed by atoms with van der Waals surface area (Å²) in [4.78, 5) is 12.1. The molecule has 0 fully saturated rings. The molecule has 0 saturated heterocycles. The Hall–Kier alpha value is -3.28. The van der Waals surface area contributed by atoms with Crippen molar-refractivity contribution in [2.45, 2.75) is 13.8 Å². The number of anilines is 2. The minimum Gasteiger partial charge on any atom is -0.366 e. The lowest BCUT2D eigenvalue weighted by molar-refractivity contribution is 0.100. The predicted molar refractivity (Wildman–Crippen MR) is 102 cm³/mol. The highest BCUT2D eigenvalue weighted by Gasteiger charge is 2.24. The molecule has 0 aliphatic heterocycles. The van der Waals surface area contributed by atoms with E-state index in [-0.39, 0.29) is 16.8 Å². The number of aryl methyl sites for hydroxylation is 1. The van der Waals surface area contributed by atoms with Gasteiger partial charge >= 0.3 is 0 Å². The van der Waals surface area contributed by atoms with Crippen molar-refractivity contribution < 1.29 is 18.0 Å². The molecular weight excluding hydrogens is 353 g/mol. The Bertz CT molecular complexity index is 962. The SMILES string of the molecule is C=C/C=C(\C=C/C)c1cc(F)c(F)c(Nc2ccc(C)cc2F)c1C(N)=O. The van der Waals surface area contributed by atoms with Crippen molar-refractivity contribution in [1.82, 2.24) is 0 Å². The third-order valence-corrected chi connectivity index (χ3v) is 3.80. The zero-order chi connectivity index (χ0) is 20.1. The van der Waals surface area contributed by atoms with Crippen LogP contribution in [0.1, 0.15) is 28.4 Å². The molecule has 0 aromatic heterocycles. The fraction of sp³-hybridized carbons (Fsp3) is 0.0952. The fourth-order valence-corrected chi connectivity index (χ4v) is 2.62. The highest BCUT2D eigenvalue weighted by atomic mass is 19.2. The first-order chi connectivity index (χ1) is 12.8. The van der Waals surface area contributed by atoms with Crippen LogP contribution in [0.15, 0.2) is 55.1 Å². The molecule has 0 aliphatic carbocycles. The molecule has 140 valence electrons. The molecule has 2 rings (SSSR count). The van der Waals surface area contributed by atoms with Crippen molar-refractivity contribution in [1.29, 1.82) is 0 Å². The van der Waals surface area contributed by atoms with Crippen molar-refractivity contribution in [3.8, 4) is 0 Å². The molecule has 0 spiro atoms. The van der Waals surface area contributed by atoms with Crippen molar-refractivity contribution in [3.63, 3.8) is 0 Å². The number of primary amides is 1. The zero-order valence-corrected chi connectivity index (χ0v) is 14.9. The largest absolute Gasteiger partial charge is 0.366 e. The van der Waals surface area contributed by atoms with Gasteiger partial charge in [0.15, 0.2) is 11.6 Å². The van der Waals surface area contributed by atoms with Crippen LogP contribution in [0.5, 0.6) is 0 Å². The predicted octanol–water partition coefficient (Wildman–Crippen LogP) is 5.40. The van der Waals surface area contributed by atoms with Crippen LogP contribution in [0.2, 0.25) is 0 Å². The van der Waals surface area contributed by atoms with E-state index in [1.165, 1.54) is 24.3 Å². The second-order valence-electron chi connectivity index (χ2n) is 5.80. The monoisotopic (exact) mass is 372 g/mol. The zero-order valence-electron chi connectivity index (χ0n) is 14.9. The maximum atomic E-state index is 14.5. The number of amides is 1. The normalized spacial score (nSPS) is 11.7. The van der Waals surface area contributed by atoms with Crippen molar-refractivity contribution in [2.24, 2.45) is 5.73 Å². The lowest BCUT2D eigenvalue weighted by atomic mass is 9.95. The molecule has 1 amide bonds. The molecule has 2 aromatic rings. The van der Waals surface area contributed by atoms with Crippen LogP contribution in [0.25, 0.3) is 5.57 Å². The van der Waals surface area contributed by atoms with Gasteiger partial charge in [0.2, 0.25) is 0 Å². The van der Waals surface area contributed by atoms with Crippen molar-refractivity contribution in [2.75, 3.05) is 5.32 Å². The first-order valence-electron chi connectivity index (χ1n) is 8.10. The van der Waals surface area contributed by atoms with Crippen LogP contribution in [0.4, 0.5) is 24.5 Å². The Balaban J connectivity index is 2.77. The van der Waals surface area contributed by atoms with E-state index in [1.54, 1.807) is 32.1 Å². The number of allylic oxidation sites excluding steroid dienone is 5. The van der Waals surface area contributed by atoms with Gasteiger partial charge in [0, 0.05) is 0 Å². The number of carbonyl (C=O) groups excluding carboxylic acids is 1. The smallest absolute Gasteiger partial charge is 0.251 e. The minimum absolute atomic E-state index is 0.0643. The number of carbonyl (C=O) groups is 1. The summed E-state index contributed by atoms with van der Waals surface area (Å²) in [6.07, 6.45) is 6.22. The van der Waals surface area contributed by atoms with Gasteiger partial charge in [0.05, 0.1) is 16.9 Å². The second kappa shape index (κ2) is 8.40. The Morgan fingerprint density at radius 2 is 1.89 bits per heavy atom. The molecule has 0 unspecified atom stereocenters. The summed E-state index contributed by atoms with van der Waals surface area (Å²) in [6.45, 7) is 6.98. The molecule has 0 aliphatic rings. The van der Waals surface area contributed by atoms with E-state index in [4.69, 9.17) is 5.73 Å². The Morgan fingerprint density at radius 3 is 2.44 bits per heavy atom. The summed E-state index contributed by atoms with van der Waals surface area (Å²) in [6, 6.07) is 5.07. The number of nitrogens with two attached hydrogens (primary N) is 1. The van der Waals surface area contributed by atoms with Gasteiger partial charge in [-0.2, -0.15) is 0 Å². The van der Waals surface area contributed by atoms with Gasteiger partial charge in [-0.3, -0.25) is 4.79 Å². The third kappa shape index (κ3) is 4.28. The lowest BCUT2D eigenvalue weighted by Crippen LogP contribution is -2.18. The molecule has 27 heavy (non-hydrogen) atoms. The van der Waals surface area contributed by atoms with Crippen LogP contribution >= 0.6 is 0 Å². The van der Waals surface area contributed by atoms with Gasteiger partial charge in [-0.25, -0.2) is 13.2 Å². The average Bonchev–Trinajstić information content (AvgIpc) is 2.60. The molecule has 3 nitrogen and oxygen atoms in total. The van der Waals surface area contributed by atoms with Crippen LogP contribution in [0, 0.1) is 24.4 Å². The summed E-state index contributed by atoms with van der Waals surface area (Å²) in [5.41, 5.74) is 5.62. The van der Waals surface area contributed by atoms with Gasteiger partial charge in [-0.05, 0) is 48.7 Å². The number of halogens is 3. The van der Waals surface area contributed by atoms with Gasteiger partial charge < -0.3 is 11.1 Å². The Labute approximate surface area is 155 Å². The van der Waals surface area contributed by atoms with Gasteiger partial charge in [-0.15, -0.1) is 0 Å². The highest BCUT2D eigenvalue weighted by molar-refractivity contribution is 6.05. The molecule has 0 radical (unpaired) electrons. The molecule has 6 heteroatoms. The Kier molecular flexibility index (Phi) is 6.23. The Morgan fingerprint density at radius 1 is 1.19 bits per heavy atom. The number of benzene rings is 2. The van der Waals surface area contributed by atoms with Gasteiger partial charge in [0.1, 0.15) is 5.82 Å². The quantitative estimate of drug-likeness (QED) is 0.667. The highest BCUT2D eigenvalue weighted by Crippen LogP contribution is 2.34. The third-order valence-electron chi connectivity index (χ3n) is 3.80. The minimum atomic E-state index is -1.33. The van der Waals surface area contributed by atoms with Crippen LogP contribution < -0.4 is 11.1 Å². The molecule has 0 heterocycles. The number of nitrogens with one attached hydrogen (secondary N) is 1. The average molecular weight is 372 g/mol. The van der Waals surface area contributed by atoms with Crippen molar-refractivity contribution >= 4 is 22.9 Å². The van der Waals surface area contributed by atoms with Crippen LogP contribution in [-0.4, -0.2) is 5.91 Å². The second-order valence-corrected chi connectivity index (χ2v) is 5.80. The number of rotatable bonds is 6. The fourth-order valence-electron chi connectivity index (χ4n) is 2.62. The standard InChI is InChI=1S/C21H19F3N2O/c1-4-6-13(7-5-2)14-11-16(23)19(24)20(18(14)21(25)27)26-17-9-8-12(3)10-15(17)22/h4-11,26H,1H2,2-3H3,(H2,25,27)/b7-5-,13-6+. The van der Waals surface area contributed by atoms with Crippen LogP contribution in [0.3, 0.4) is 0 Å². The van der Waals surface area contributed by atoms with E-state index in [9.17, 15) is 18.0 Å². The maximum Gasteiger partial charge on any atom is 0.251 e. The summed E-state index contributed by atoms with van der Waals surface area (Å²) >= 11 is 0. The summed E-state index contributed by atoms with van der Waals surface area (Å²) < 4.78 is 42.9. The molecular formula is C21H19F3N2O. The molecule has 2 aromatic carbocycles. The van der Waals surface area contributed by atoms with E-state index in [0.717, 1.165) is 6.07 Å². The lowest BCUT2D eigenvalue weighted by Gasteiger charge is -2.17. The van der Waals surface area contributed by atoms with E-state index in [0.29, 0.717) is 11.1 Å².